The monoisotopic (exact) mass is 187 g/mol. The summed E-state index contributed by atoms with van der Waals surface area (Å²) in [5.74, 6) is -0.461. The van der Waals surface area contributed by atoms with Gasteiger partial charge in [-0.05, 0) is 6.92 Å². The third-order valence-corrected chi connectivity index (χ3v) is 2.08. The summed E-state index contributed by atoms with van der Waals surface area (Å²) >= 11 is 1.01. The summed E-state index contributed by atoms with van der Waals surface area (Å²) in [5, 5.41) is 11.3. The Labute approximate surface area is 73.1 Å². The molecule has 1 rings (SSSR count). The predicted octanol–water partition coefficient (Wildman–Crippen LogP) is 0.138. The second-order valence-corrected chi connectivity index (χ2v) is 3.03. The van der Waals surface area contributed by atoms with Crippen LogP contribution in [0.2, 0.25) is 0 Å². The topological polar surface area (TPSA) is 68.0 Å². The predicted molar refractivity (Wildman–Crippen MR) is 42.9 cm³/mol. The van der Waals surface area contributed by atoms with Crippen LogP contribution in [0.25, 0.3) is 0 Å². The summed E-state index contributed by atoms with van der Waals surface area (Å²) < 4.78 is 6.04. The summed E-state index contributed by atoms with van der Waals surface area (Å²) in [6.07, 6.45) is 0. The lowest BCUT2D eigenvalue weighted by molar-refractivity contribution is 0.0524. The third-order valence-electron chi connectivity index (χ3n) is 1.18. The van der Waals surface area contributed by atoms with E-state index in [4.69, 9.17) is 10.1 Å². The van der Waals surface area contributed by atoms with E-state index in [1.165, 1.54) is 4.68 Å². The number of hydrogen-bond donors (Lipinski definition) is 1. The molecule has 0 amide bonds. The minimum absolute atomic E-state index is 0.226. The number of aromatic nitrogens is 2. The fraction of sp³-hybridized carbons (Fsp3) is 0.500. The zero-order chi connectivity index (χ0) is 9.14. The molecule has 0 aromatic carbocycles. The van der Waals surface area contributed by atoms with E-state index < -0.39 is 5.97 Å². The van der Waals surface area contributed by atoms with Crippen molar-refractivity contribution in [2.45, 2.75) is 6.92 Å². The molecule has 1 aromatic heterocycles. The number of nitrogens with zero attached hydrogens (tertiary/aromatic N) is 2. The van der Waals surface area contributed by atoms with Gasteiger partial charge in [-0.1, -0.05) is 11.3 Å². The number of aryl methyl sites for hydroxylation is 1. The second kappa shape index (κ2) is 3.48. The number of carbonyl (C=O) groups excluding carboxylic acids is 1. The Morgan fingerprint density at radius 3 is 2.92 bits per heavy atom. The van der Waals surface area contributed by atoms with Crippen LogP contribution in [0.5, 0.6) is 0 Å². The van der Waals surface area contributed by atoms with Gasteiger partial charge in [-0.15, -0.1) is 0 Å². The molecule has 0 aliphatic heterocycles. The lowest BCUT2D eigenvalue weighted by atomic mass is 10.7. The summed E-state index contributed by atoms with van der Waals surface area (Å²) in [4.78, 5) is 11.3. The van der Waals surface area contributed by atoms with E-state index in [9.17, 15) is 4.79 Å². The molecule has 0 fully saturated rings. The number of nitrogens with one attached hydrogen (secondary N) is 1. The molecule has 66 valence electrons. The van der Waals surface area contributed by atoms with Crippen LogP contribution in [0.1, 0.15) is 16.7 Å². The molecule has 0 bridgehead atoms. The molecule has 6 heteroatoms. The van der Waals surface area contributed by atoms with Crippen LogP contribution in [0, 0.1) is 5.41 Å². The SMILES string of the molecule is CCOC(=O)c1nn(C)c(=N)s1. The molecule has 0 spiro atoms. The van der Waals surface area contributed by atoms with Gasteiger partial charge in [0.1, 0.15) is 0 Å². The van der Waals surface area contributed by atoms with Crippen LogP contribution in [-0.4, -0.2) is 22.4 Å². The largest absolute Gasteiger partial charge is 0.461 e. The summed E-state index contributed by atoms with van der Waals surface area (Å²) in [6, 6.07) is 0. The summed E-state index contributed by atoms with van der Waals surface area (Å²) in [7, 11) is 1.61. The molecular weight excluding hydrogens is 178 g/mol. The van der Waals surface area contributed by atoms with Gasteiger partial charge in [-0.3, -0.25) is 5.41 Å². The van der Waals surface area contributed by atoms with E-state index in [2.05, 4.69) is 5.10 Å². The van der Waals surface area contributed by atoms with Crippen LogP contribution >= 0.6 is 11.3 Å². The fourth-order valence-corrected chi connectivity index (χ4v) is 1.30. The molecule has 0 atom stereocenters. The van der Waals surface area contributed by atoms with Crippen molar-refractivity contribution in [1.82, 2.24) is 9.78 Å². The van der Waals surface area contributed by atoms with E-state index in [-0.39, 0.29) is 9.81 Å². The van der Waals surface area contributed by atoms with E-state index in [1.54, 1.807) is 14.0 Å². The molecule has 0 saturated carbocycles. The van der Waals surface area contributed by atoms with Gasteiger partial charge in [0.05, 0.1) is 6.61 Å². The maximum atomic E-state index is 11.0. The quantitative estimate of drug-likeness (QED) is 0.669. The lowest BCUT2D eigenvalue weighted by Gasteiger charge is -1.94. The van der Waals surface area contributed by atoms with Gasteiger partial charge in [0.2, 0.25) is 5.01 Å². The van der Waals surface area contributed by atoms with Crippen LogP contribution in [-0.2, 0) is 11.8 Å². The van der Waals surface area contributed by atoms with E-state index in [0.717, 1.165) is 11.3 Å². The smallest absolute Gasteiger partial charge is 0.369 e. The standard InChI is InChI=1S/C6H9N3O2S/c1-3-11-5(10)4-8-9(2)6(7)12-4/h7H,3H2,1-2H3. The summed E-state index contributed by atoms with van der Waals surface area (Å²) in [6.45, 7) is 2.06. The van der Waals surface area contributed by atoms with Crippen LogP contribution in [0.4, 0.5) is 0 Å². The maximum Gasteiger partial charge on any atom is 0.369 e. The molecule has 5 nitrogen and oxygen atoms in total. The normalized spacial score (nSPS) is 9.83. The van der Waals surface area contributed by atoms with Crippen molar-refractivity contribution in [3.8, 4) is 0 Å². The first kappa shape index (κ1) is 8.92. The van der Waals surface area contributed by atoms with E-state index >= 15 is 0 Å². The van der Waals surface area contributed by atoms with Gasteiger partial charge >= 0.3 is 5.97 Å². The molecule has 1 aromatic rings. The Hall–Kier alpha value is -1.17. The van der Waals surface area contributed by atoms with Crippen molar-refractivity contribution >= 4 is 17.3 Å². The maximum absolute atomic E-state index is 11.0. The van der Waals surface area contributed by atoms with Gasteiger partial charge in [0, 0.05) is 7.05 Å². The number of hydrogen-bond acceptors (Lipinski definition) is 5. The fourth-order valence-electron chi connectivity index (χ4n) is 0.635. The van der Waals surface area contributed by atoms with Crippen LogP contribution in [0.3, 0.4) is 0 Å². The minimum atomic E-state index is -0.461. The second-order valence-electron chi connectivity index (χ2n) is 2.06. The Morgan fingerprint density at radius 2 is 2.50 bits per heavy atom. The Morgan fingerprint density at radius 1 is 1.83 bits per heavy atom. The average Bonchev–Trinajstić information content (AvgIpc) is 2.33. The van der Waals surface area contributed by atoms with Crippen LogP contribution < -0.4 is 4.80 Å². The van der Waals surface area contributed by atoms with E-state index in [0.29, 0.717) is 6.61 Å². The van der Waals surface area contributed by atoms with Gasteiger partial charge < -0.3 is 4.74 Å². The van der Waals surface area contributed by atoms with Crippen molar-refractivity contribution in [3.63, 3.8) is 0 Å². The first-order valence-corrected chi connectivity index (χ1v) is 4.22. The molecule has 0 unspecified atom stereocenters. The van der Waals surface area contributed by atoms with Crippen molar-refractivity contribution in [3.05, 3.63) is 9.81 Å². The van der Waals surface area contributed by atoms with Crippen molar-refractivity contribution in [1.29, 1.82) is 5.41 Å². The molecule has 1 heterocycles. The van der Waals surface area contributed by atoms with Crippen LogP contribution in [0.15, 0.2) is 0 Å². The zero-order valence-electron chi connectivity index (χ0n) is 6.83. The Kier molecular flexibility index (Phi) is 2.59. The van der Waals surface area contributed by atoms with Crippen molar-refractivity contribution in [2.75, 3.05) is 6.61 Å². The first-order chi connectivity index (χ1) is 5.65. The molecule has 0 radical (unpaired) electrons. The third kappa shape index (κ3) is 1.70. The number of rotatable bonds is 2. The number of ether oxygens (including phenoxy) is 1. The van der Waals surface area contributed by atoms with Gasteiger partial charge in [-0.2, -0.15) is 5.10 Å². The molecule has 1 N–H and O–H groups in total. The lowest BCUT2D eigenvalue weighted by Crippen LogP contribution is -2.09. The molecular formula is C6H9N3O2S. The molecule has 0 saturated heterocycles. The van der Waals surface area contributed by atoms with Gasteiger partial charge in [0.25, 0.3) is 0 Å². The van der Waals surface area contributed by atoms with E-state index in [1.807, 2.05) is 0 Å². The van der Waals surface area contributed by atoms with Crippen molar-refractivity contribution in [2.24, 2.45) is 7.05 Å². The highest BCUT2D eigenvalue weighted by Gasteiger charge is 2.11. The Bertz CT molecular complexity index is 341. The Balaban J connectivity index is 2.89. The highest BCUT2D eigenvalue weighted by molar-refractivity contribution is 7.10. The number of esters is 1. The summed E-state index contributed by atoms with van der Waals surface area (Å²) in [5.41, 5.74) is 0. The highest BCUT2D eigenvalue weighted by Crippen LogP contribution is 1.99. The van der Waals surface area contributed by atoms with Gasteiger partial charge in [0.15, 0.2) is 4.80 Å². The highest BCUT2D eigenvalue weighted by atomic mass is 32.1. The zero-order valence-corrected chi connectivity index (χ0v) is 7.64. The van der Waals surface area contributed by atoms with Crippen molar-refractivity contribution < 1.29 is 9.53 Å². The van der Waals surface area contributed by atoms with Gasteiger partial charge in [-0.25, -0.2) is 9.48 Å². The number of carbonyl (C=O) groups is 1. The first-order valence-electron chi connectivity index (χ1n) is 3.41. The average molecular weight is 187 g/mol. The molecule has 0 aliphatic rings. The molecule has 12 heavy (non-hydrogen) atoms. The molecule has 0 aliphatic carbocycles. The minimum Gasteiger partial charge on any atom is -0.461 e.